The van der Waals surface area contributed by atoms with Gasteiger partial charge in [-0.05, 0) is 120 Å². The van der Waals surface area contributed by atoms with E-state index in [2.05, 4.69) is 40.2 Å². The molecule has 0 spiro atoms. The first kappa shape index (κ1) is 30.8. The molecule has 9 heteroatoms. The van der Waals surface area contributed by atoms with Gasteiger partial charge in [0.15, 0.2) is 0 Å². The van der Waals surface area contributed by atoms with E-state index in [-0.39, 0.29) is 40.7 Å². The van der Waals surface area contributed by atoms with Crippen molar-refractivity contribution in [1.29, 1.82) is 0 Å². The van der Waals surface area contributed by atoms with E-state index in [1.54, 1.807) is 0 Å². The third kappa shape index (κ3) is 6.70. The van der Waals surface area contributed by atoms with E-state index >= 15 is 0 Å². The molecule has 0 atom stereocenters. The number of hydrogen-bond donors (Lipinski definition) is 0. The van der Waals surface area contributed by atoms with Crippen LogP contribution in [0.5, 0.6) is 0 Å². The number of terminal acetylenes is 1. The van der Waals surface area contributed by atoms with E-state index in [4.69, 9.17) is 34.3 Å². The number of hydrogen-bond acceptors (Lipinski definition) is 6. The van der Waals surface area contributed by atoms with Crippen LogP contribution in [0.3, 0.4) is 0 Å². The molecular formula is C28H49B3O6. The third-order valence-corrected chi connectivity index (χ3v) is 9.24. The van der Waals surface area contributed by atoms with Gasteiger partial charge in [0, 0.05) is 5.92 Å². The first-order valence-electron chi connectivity index (χ1n) is 13.9. The highest BCUT2D eigenvalue weighted by molar-refractivity contribution is 7.11. The lowest BCUT2D eigenvalue weighted by molar-refractivity contribution is 0.00578. The van der Waals surface area contributed by atoms with Gasteiger partial charge in [0.05, 0.1) is 33.6 Å². The van der Waals surface area contributed by atoms with E-state index < -0.39 is 14.0 Å². The molecule has 5 rings (SSSR count). The zero-order valence-electron chi connectivity index (χ0n) is 25.4. The van der Waals surface area contributed by atoms with Crippen molar-refractivity contribution >= 4 is 21.1 Å². The Bertz CT molecular complexity index is 814. The second kappa shape index (κ2) is 10.0. The van der Waals surface area contributed by atoms with Crippen molar-refractivity contribution < 1.29 is 27.9 Å². The Kier molecular flexibility index (Phi) is 8.34. The van der Waals surface area contributed by atoms with Crippen LogP contribution in [0.2, 0.25) is 0 Å². The molecule has 0 unspecified atom stereocenters. The Morgan fingerprint density at radius 2 is 0.892 bits per heavy atom. The molecule has 0 aromatic rings. The van der Waals surface area contributed by atoms with E-state index in [0.29, 0.717) is 11.8 Å². The smallest absolute Gasteiger partial charge is 0.405 e. The predicted molar refractivity (Wildman–Crippen MR) is 152 cm³/mol. The van der Waals surface area contributed by atoms with E-state index in [9.17, 15) is 0 Å². The molecular weight excluding hydrogens is 465 g/mol. The molecule has 37 heavy (non-hydrogen) atoms. The molecule has 0 amide bonds. The minimum Gasteiger partial charge on any atom is -0.405 e. The van der Waals surface area contributed by atoms with Gasteiger partial charge in [-0.15, -0.1) is 18.9 Å². The molecule has 3 saturated heterocycles. The summed E-state index contributed by atoms with van der Waals surface area (Å²) < 4.78 is 35.7. The first-order chi connectivity index (χ1) is 16.6. The standard InChI is InChI=1S/C12H24B2O4.C11H19BO2.C5H6/c1-9(2)10(3,4)16-13(15-9)14-17-11(5,6)12(7,8)18-14;1-8(9-6-7-9)12-13-10(2,3)11(4,5)14-12;1-2-5-3-4-5/h1-8H3;9H,1,6-7H2,2-5H3;1,5H,3-4H2. The largest absolute Gasteiger partial charge is 0.490 e. The van der Waals surface area contributed by atoms with Crippen molar-refractivity contribution in [3.05, 3.63) is 12.1 Å². The second-order valence-electron chi connectivity index (χ2n) is 14.1. The lowest BCUT2D eigenvalue weighted by atomic mass is 9.49. The predicted octanol–water partition coefficient (Wildman–Crippen LogP) is 5.86. The van der Waals surface area contributed by atoms with Crippen molar-refractivity contribution in [3.63, 3.8) is 0 Å². The number of allylic oxidation sites excluding steroid dienone is 1. The molecule has 2 aliphatic carbocycles. The Morgan fingerprint density at radius 3 is 1.11 bits per heavy atom. The summed E-state index contributed by atoms with van der Waals surface area (Å²) >= 11 is 0. The maximum absolute atomic E-state index is 5.96. The van der Waals surface area contributed by atoms with Gasteiger partial charge in [0.2, 0.25) is 0 Å². The Morgan fingerprint density at radius 1 is 0.595 bits per heavy atom. The quantitative estimate of drug-likeness (QED) is 0.348. The molecule has 206 valence electrons. The first-order valence-corrected chi connectivity index (χ1v) is 13.9. The molecule has 0 aromatic carbocycles. The van der Waals surface area contributed by atoms with Gasteiger partial charge >= 0.3 is 21.1 Å². The highest BCUT2D eigenvalue weighted by atomic mass is 16.7. The van der Waals surface area contributed by atoms with Crippen LogP contribution >= 0.6 is 0 Å². The van der Waals surface area contributed by atoms with Gasteiger partial charge < -0.3 is 27.9 Å². The average Bonchev–Trinajstić information content (AvgIpc) is 3.64. The maximum Gasteiger partial charge on any atom is 0.490 e. The van der Waals surface area contributed by atoms with E-state index in [1.807, 2.05) is 55.4 Å². The highest BCUT2D eigenvalue weighted by Crippen LogP contribution is 2.45. The zero-order valence-corrected chi connectivity index (χ0v) is 25.4. The summed E-state index contributed by atoms with van der Waals surface area (Å²) in [6.45, 7) is 28.6. The second-order valence-corrected chi connectivity index (χ2v) is 14.1. The van der Waals surface area contributed by atoms with Gasteiger partial charge in [-0.3, -0.25) is 0 Å². The summed E-state index contributed by atoms with van der Waals surface area (Å²) in [4.78, 5) is 0. The molecule has 5 fully saturated rings. The molecule has 3 heterocycles. The van der Waals surface area contributed by atoms with Gasteiger partial charge in [-0.2, -0.15) is 0 Å². The van der Waals surface area contributed by atoms with Gasteiger partial charge in [-0.25, -0.2) is 0 Å². The molecule has 0 N–H and O–H groups in total. The Balaban J connectivity index is 0.000000176. The van der Waals surface area contributed by atoms with Crippen molar-refractivity contribution in [1.82, 2.24) is 0 Å². The summed E-state index contributed by atoms with van der Waals surface area (Å²) in [6, 6.07) is 0. The molecule has 6 nitrogen and oxygen atoms in total. The summed E-state index contributed by atoms with van der Waals surface area (Å²) in [5.41, 5.74) is -0.764. The maximum atomic E-state index is 5.96. The zero-order chi connectivity index (χ0) is 28.2. The van der Waals surface area contributed by atoms with Crippen LogP contribution in [-0.4, -0.2) is 54.7 Å². The summed E-state index contributed by atoms with van der Waals surface area (Å²) in [5, 5.41) is 0. The molecule has 0 aromatic heterocycles. The Labute approximate surface area is 227 Å². The van der Waals surface area contributed by atoms with Crippen molar-refractivity contribution in [2.75, 3.05) is 0 Å². The van der Waals surface area contributed by atoms with Gasteiger partial charge in [0.1, 0.15) is 0 Å². The monoisotopic (exact) mass is 514 g/mol. The lowest BCUT2D eigenvalue weighted by Gasteiger charge is -2.32. The molecule has 5 aliphatic rings. The SMILES string of the molecule is C#CC1CC1.C=C(B1OC(C)(C)C(C)(C)O1)C1CC1.CC1(C)OB(B2OC(C)(C)C(C)(C)O2)OC1(C)C. The van der Waals surface area contributed by atoms with Crippen molar-refractivity contribution in [3.8, 4) is 12.3 Å². The molecule has 2 saturated carbocycles. The van der Waals surface area contributed by atoms with Crippen LogP contribution in [0, 0.1) is 24.2 Å². The average molecular weight is 514 g/mol. The van der Waals surface area contributed by atoms with E-state index in [0.717, 1.165) is 5.47 Å². The minimum atomic E-state index is -0.476. The van der Waals surface area contributed by atoms with Gasteiger partial charge in [0.25, 0.3) is 0 Å². The van der Waals surface area contributed by atoms with Crippen molar-refractivity contribution in [2.24, 2.45) is 11.8 Å². The summed E-state index contributed by atoms with van der Waals surface area (Å²) in [7, 11) is -1.14. The minimum absolute atomic E-state index is 0.188. The summed E-state index contributed by atoms with van der Waals surface area (Å²) in [5.74, 6) is 3.94. The van der Waals surface area contributed by atoms with Crippen LogP contribution < -0.4 is 0 Å². The van der Waals surface area contributed by atoms with Crippen LogP contribution in [0.15, 0.2) is 12.1 Å². The summed E-state index contributed by atoms with van der Waals surface area (Å²) in [6.07, 6.45) is 10.0. The fraction of sp³-hybridized carbons (Fsp3) is 0.857. The fourth-order valence-corrected chi connectivity index (χ4v) is 3.89. The van der Waals surface area contributed by atoms with Crippen LogP contribution in [-0.2, 0) is 27.9 Å². The van der Waals surface area contributed by atoms with Crippen LogP contribution in [0.25, 0.3) is 0 Å². The lowest BCUT2D eigenvalue weighted by Crippen LogP contribution is -2.41. The Hall–Kier alpha value is -0.745. The molecule has 0 radical (unpaired) electrons. The van der Waals surface area contributed by atoms with Gasteiger partial charge in [-0.1, -0.05) is 0 Å². The molecule has 0 bridgehead atoms. The van der Waals surface area contributed by atoms with E-state index in [1.165, 1.54) is 25.7 Å². The van der Waals surface area contributed by atoms with Crippen LogP contribution in [0.1, 0.15) is 109 Å². The number of rotatable bonds is 3. The van der Waals surface area contributed by atoms with Crippen LogP contribution in [0.4, 0.5) is 0 Å². The normalized spacial score (nSPS) is 29.5. The van der Waals surface area contributed by atoms with Crippen molar-refractivity contribution in [2.45, 2.75) is 142 Å². The topological polar surface area (TPSA) is 55.4 Å². The fourth-order valence-electron chi connectivity index (χ4n) is 3.89. The molecule has 3 aliphatic heterocycles. The highest BCUT2D eigenvalue weighted by Gasteiger charge is 2.63. The third-order valence-electron chi connectivity index (χ3n) is 9.24.